The van der Waals surface area contributed by atoms with Gasteiger partial charge in [-0.1, -0.05) is 52.3 Å². The fourth-order valence-electron chi connectivity index (χ4n) is 4.86. The van der Waals surface area contributed by atoms with Gasteiger partial charge in [-0.25, -0.2) is 4.98 Å². The zero-order valence-corrected chi connectivity index (χ0v) is 23.2. The summed E-state index contributed by atoms with van der Waals surface area (Å²) in [6.45, 7) is 9.81. The van der Waals surface area contributed by atoms with Gasteiger partial charge in [0.05, 0.1) is 16.8 Å². The molecule has 1 aliphatic rings. The van der Waals surface area contributed by atoms with Crippen molar-refractivity contribution in [1.29, 1.82) is 0 Å². The van der Waals surface area contributed by atoms with Crippen LogP contribution in [0.1, 0.15) is 67.8 Å². The normalized spacial score (nSPS) is 15.6. The molecule has 4 aromatic rings. The second kappa shape index (κ2) is 10.3. The van der Waals surface area contributed by atoms with Crippen LogP contribution < -0.4 is 10.1 Å². The number of nitrogens with one attached hydrogen (secondary N) is 1. The van der Waals surface area contributed by atoms with E-state index in [1.807, 2.05) is 30.3 Å². The van der Waals surface area contributed by atoms with Crippen molar-refractivity contribution in [2.24, 2.45) is 11.3 Å². The predicted octanol–water partition coefficient (Wildman–Crippen LogP) is 8.61. The summed E-state index contributed by atoms with van der Waals surface area (Å²) in [5, 5.41) is 5.17. The number of rotatable bonds is 7. The summed E-state index contributed by atoms with van der Waals surface area (Å²) >= 11 is 3.44. The second-order valence-electron chi connectivity index (χ2n) is 10.7. The van der Waals surface area contributed by atoms with E-state index in [2.05, 4.69) is 51.2 Å². The van der Waals surface area contributed by atoms with Crippen molar-refractivity contribution >= 4 is 43.8 Å². The van der Waals surface area contributed by atoms with Gasteiger partial charge in [-0.3, -0.25) is 4.79 Å². The Labute approximate surface area is 221 Å². The summed E-state index contributed by atoms with van der Waals surface area (Å²) in [6, 6.07) is 15.8. The first-order chi connectivity index (χ1) is 17.3. The molecule has 188 valence electrons. The highest BCUT2D eigenvalue weighted by Gasteiger charge is 2.33. The number of unbranched alkanes of at least 4 members (excludes halogenated alkanes) is 1. The highest BCUT2D eigenvalue weighted by atomic mass is 32.1. The summed E-state index contributed by atoms with van der Waals surface area (Å²) in [4.78, 5) is 19.8. The zero-order valence-electron chi connectivity index (χ0n) is 21.5. The van der Waals surface area contributed by atoms with E-state index in [1.165, 1.54) is 15.1 Å². The largest absolute Gasteiger partial charge is 0.494 e. The number of thiophene rings is 1. The molecule has 0 radical (unpaired) electrons. The lowest BCUT2D eigenvalue weighted by molar-refractivity contribution is 0.102. The average molecular weight is 519 g/mol. The van der Waals surface area contributed by atoms with E-state index in [0.29, 0.717) is 18.1 Å². The summed E-state index contributed by atoms with van der Waals surface area (Å²) in [6.07, 6.45) is 5.31. The monoisotopic (exact) mass is 518 g/mol. The van der Waals surface area contributed by atoms with E-state index in [-0.39, 0.29) is 11.3 Å². The molecule has 2 aromatic heterocycles. The van der Waals surface area contributed by atoms with Crippen molar-refractivity contribution in [3.05, 3.63) is 64.5 Å². The number of para-hydroxylation sites is 1. The topological polar surface area (TPSA) is 51.2 Å². The van der Waals surface area contributed by atoms with Crippen LogP contribution in [0.5, 0.6) is 5.75 Å². The molecule has 1 aliphatic carbocycles. The molecule has 0 fully saturated rings. The smallest absolute Gasteiger partial charge is 0.256 e. The van der Waals surface area contributed by atoms with Crippen LogP contribution in [0.3, 0.4) is 0 Å². The van der Waals surface area contributed by atoms with E-state index in [4.69, 9.17) is 9.72 Å². The first-order valence-corrected chi connectivity index (χ1v) is 14.5. The minimum atomic E-state index is -0.107. The molecule has 1 N–H and O–H groups in total. The molecule has 0 aliphatic heterocycles. The Hall–Kier alpha value is -2.70. The summed E-state index contributed by atoms with van der Waals surface area (Å²) in [5.74, 6) is 1.26. The Morgan fingerprint density at radius 3 is 2.75 bits per heavy atom. The number of hydrogen-bond acceptors (Lipinski definition) is 5. The molecule has 1 atom stereocenters. The maximum Gasteiger partial charge on any atom is 0.256 e. The Kier molecular flexibility index (Phi) is 7.18. The maximum atomic E-state index is 13.4. The molecule has 0 spiro atoms. The molecule has 2 heterocycles. The van der Waals surface area contributed by atoms with E-state index in [1.54, 1.807) is 22.7 Å². The Bertz CT molecular complexity index is 1350. The number of anilines is 1. The van der Waals surface area contributed by atoms with Gasteiger partial charge >= 0.3 is 0 Å². The van der Waals surface area contributed by atoms with Gasteiger partial charge in [0, 0.05) is 16.0 Å². The summed E-state index contributed by atoms with van der Waals surface area (Å²) in [5.41, 5.74) is 4.37. The van der Waals surface area contributed by atoms with Crippen LogP contribution in [-0.2, 0) is 12.8 Å². The SMILES string of the molecule is CCCCOc1cccc(C(=O)Nc2sc3c(c2-c2nc4ccccc4s2)CCC(C(C)(C)C)C3)c1. The number of hydrogen-bond donors (Lipinski definition) is 1. The lowest BCUT2D eigenvalue weighted by atomic mass is 9.72. The van der Waals surface area contributed by atoms with Gasteiger partial charge in [-0.05, 0) is 72.9 Å². The van der Waals surface area contributed by atoms with Crippen LogP contribution in [-0.4, -0.2) is 17.5 Å². The van der Waals surface area contributed by atoms with Gasteiger partial charge in [0.2, 0.25) is 0 Å². The number of benzene rings is 2. The minimum Gasteiger partial charge on any atom is -0.494 e. The van der Waals surface area contributed by atoms with Gasteiger partial charge in [0.25, 0.3) is 5.91 Å². The maximum absolute atomic E-state index is 13.4. The molecule has 0 bridgehead atoms. The van der Waals surface area contributed by atoms with Gasteiger partial charge in [0.15, 0.2) is 0 Å². The van der Waals surface area contributed by atoms with Gasteiger partial charge in [-0.15, -0.1) is 22.7 Å². The van der Waals surface area contributed by atoms with Gasteiger partial charge < -0.3 is 10.1 Å². The fourth-order valence-corrected chi connectivity index (χ4v) is 7.29. The highest BCUT2D eigenvalue weighted by molar-refractivity contribution is 7.23. The molecule has 6 heteroatoms. The molecule has 2 aromatic carbocycles. The molecule has 1 amide bonds. The van der Waals surface area contributed by atoms with Crippen molar-refractivity contribution < 1.29 is 9.53 Å². The number of carbonyl (C=O) groups excluding carboxylic acids is 1. The molecule has 4 nitrogen and oxygen atoms in total. The predicted molar refractivity (Wildman–Crippen MR) is 153 cm³/mol. The number of nitrogens with zero attached hydrogens (tertiary/aromatic N) is 1. The molecule has 1 unspecified atom stereocenters. The third-order valence-electron chi connectivity index (χ3n) is 7.09. The Morgan fingerprint density at radius 1 is 1.14 bits per heavy atom. The summed E-state index contributed by atoms with van der Waals surface area (Å²) in [7, 11) is 0. The lowest BCUT2D eigenvalue weighted by Gasteiger charge is -2.33. The Morgan fingerprint density at radius 2 is 1.97 bits per heavy atom. The number of carbonyl (C=O) groups is 1. The first-order valence-electron chi connectivity index (χ1n) is 12.9. The quantitative estimate of drug-likeness (QED) is 0.249. The van der Waals surface area contributed by atoms with Crippen molar-refractivity contribution in [1.82, 2.24) is 4.98 Å². The highest BCUT2D eigenvalue weighted by Crippen LogP contribution is 2.49. The number of ether oxygens (including phenoxy) is 1. The number of amides is 1. The van der Waals surface area contributed by atoms with Crippen molar-refractivity contribution in [2.45, 2.75) is 59.8 Å². The molecule has 36 heavy (non-hydrogen) atoms. The van der Waals surface area contributed by atoms with Crippen LogP contribution >= 0.6 is 22.7 Å². The van der Waals surface area contributed by atoms with Crippen molar-refractivity contribution in [3.63, 3.8) is 0 Å². The van der Waals surface area contributed by atoms with E-state index in [0.717, 1.165) is 58.9 Å². The zero-order chi connectivity index (χ0) is 25.3. The number of fused-ring (bicyclic) bond motifs is 2. The standard InChI is InChI=1S/C30H34N2O2S2/c1-5-6-16-34-21-11-9-10-19(17-21)27(33)32-29-26(28-31-23-12-7-8-13-24(23)35-28)22-15-14-20(30(2,3)4)18-25(22)36-29/h7-13,17,20H,5-6,14-16,18H2,1-4H3,(H,32,33). The third-order valence-corrected chi connectivity index (χ3v) is 9.31. The lowest BCUT2D eigenvalue weighted by Crippen LogP contribution is -2.26. The van der Waals surface area contributed by atoms with E-state index >= 15 is 0 Å². The van der Waals surface area contributed by atoms with Crippen LogP contribution in [0.2, 0.25) is 0 Å². The van der Waals surface area contributed by atoms with Gasteiger partial charge in [-0.2, -0.15) is 0 Å². The van der Waals surface area contributed by atoms with Crippen molar-refractivity contribution in [2.75, 3.05) is 11.9 Å². The number of aromatic nitrogens is 1. The number of thiazole rings is 1. The molecule has 5 rings (SSSR count). The van der Waals surface area contributed by atoms with Crippen LogP contribution in [0.15, 0.2) is 48.5 Å². The molecule has 0 saturated carbocycles. The second-order valence-corrected chi connectivity index (χ2v) is 12.8. The van der Waals surface area contributed by atoms with Crippen molar-refractivity contribution in [3.8, 4) is 16.3 Å². The first kappa shape index (κ1) is 25.0. The molecular weight excluding hydrogens is 484 g/mol. The summed E-state index contributed by atoms with van der Waals surface area (Å²) < 4.78 is 7.01. The average Bonchev–Trinajstić information content (AvgIpc) is 3.44. The van der Waals surface area contributed by atoms with Gasteiger partial charge in [0.1, 0.15) is 15.8 Å². The molecular formula is C30H34N2O2S2. The van der Waals surface area contributed by atoms with E-state index in [9.17, 15) is 4.79 Å². The minimum absolute atomic E-state index is 0.107. The molecule has 0 saturated heterocycles. The van der Waals surface area contributed by atoms with Crippen LogP contribution in [0.25, 0.3) is 20.8 Å². The third kappa shape index (κ3) is 5.21. The van der Waals surface area contributed by atoms with E-state index < -0.39 is 0 Å². The van der Waals surface area contributed by atoms with Crippen LogP contribution in [0.4, 0.5) is 5.00 Å². The Balaban J connectivity index is 1.49. The van der Waals surface area contributed by atoms with Crippen LogP contribution in [0, 0.1) is 11.3 Å². The fraction of sp³-hybridized carbons (Fsp3) is 0.400.